The van der Waals surface area contributed by atoms with Gasteiger partial charge in [-0.3, -0.25) is 4.18 Å². The maximum atomic E-state index is 12.0. The first kappa shape index (κ1) is 15.1. The third kappa shape index (κ3) is 6.08. The molecule has 0 amide bonds. The number of hydrogen-bond donors (Lipinski definition) is 0. The molecule has 1 aromatic carbocycles. The molecule has 0 aliphatic rings. The molecule has 0 bridgehead atoms. The van der Waals surface area contributed by atoms with Gasteiger partial charge in [0.1, 0.15) is 5.75 Å². The molecular formula is C9H8ClF3O4S. The summed E-state index contributed by atoms with van der Waals surface area (Å²) in [5.74, 6) is -0.540. The zero-order valence-corrected chi connectivity index (χ0v) is 10.6. The van der Waals surface area contributed by atoms with Crippen LogP contribution >= 0.6 is 11.6 Å². The molecule has 0 saturated heterocycles. The van der Waals surface area contributed by atoms with Crippen LogP contribution < -0.4 is 4.74 Å². The second kappa shape index (κ2) is 5.33. The van der Waals surface area contributed by atoms with Gasteiger partial charge in [0.15, 0.2) is 0 Å². The molecule has 0 heterocycles. The van der Waals surface area contributed by atoms with Crippen molar-refractivity contribution in [3.05, 3.63) is 28.8 Å². The van der Waals surface area contributed by atoms with E-state index in [-0.39, 0.29) is 10.6 Å². The minimum absolute atomic E-state index is 0.0242. The highest BCUT2D eigenvalue weighted by Gasteiger charge is 2.31. The highest BCUT2D eigenvalue weighted by atomic mass is 35.5. The summed E-state index contributed by atoms with van der Waals surface area (Å²) in [6.07, 6.45) is -4.02. The van der Waals surface area contributed by atoms with E-state index in [0.717, 1.165) is 18.4 Å². The second-order valence-electron chi connectivity index (χ2n) is 3.31. The van der Waals surface area contributed by atoms with E-state index < -0.39 is 28.8 Å². The Hall–Kier alpha value is -0.990. The zero-order valence-electron chi connectivity index (χ0n) is 8.99. The fraction of sp³-hybridized carbons (Fsp3) is 0.333. The van der Waals surface area contributed by atoms with Crippen molar-refractivity contribution in [2.24, 2.45) is 0 Å². The monoisotopic (exact) mass is 304 g/mol. The number of hydrogen-bond acceptors (Lipinski definition) is 4. The minimum Gasteiger partial charge on any atom is -0.406 e. The van der Waals surface area contributed by atoms with Crippen molar-refractivity contribution >= 4 is 21.7 Å². The zero-order chi connectivity index (χ0) is 14.0. The van der Waals surface area contributed by atoms with Crippen molar-refractivity contribution in [2.75, 3.05) is 6.26 Å². The molecule has 1 aromatic rings. The van der Waals surface area contributed by atoms with Gasteiger partial charge < -0.3 is 4.74 Å². The summed E-state index contributed by atoms with van der Waals surface area (Å²) >= 11 is 5.58. The van der Waals surface area contributed by atoms with E-state index in [9.17, 15) is 21.6 Å². The topological polar surface area (TPSA) is 52.6 Å². The first-order chi connectivity index (χ1) is 8.05. The molecular weight excluding hydrogens is 297 g/mol. The lowest BCUT2D eigenvalue weighted by molar-refractivity contribution is -0.274. The Kier molecular flexibility index (Phi) is 4.46. The summed E-state index contributed by atoms with van der Waals surface area (Å²) < 4.78 is 65.5. The van der Waals surface area contributed by atoms with Gasteiger partial charge in [0.2, 0.25) is 0 Å². The maximum Gasteiger partial charge on any atom is 0.573 e. The predicted molar refractivity (Wildman–Crippen MR) is 57.8 cm³/mol. The molecule has 1 rings (SSSR count). The molecule has 0 saturated carbocycles. The summed E-state index contributed by atoms with van der Waals surface area (Å²) in [5.41, 5.74) is 0.146. The van der Waals surface area contributed by atoms with Crippen molar-refractivity contribution < 1.29 is 30.5 Å². The van der Waals surface area contributed by atoms with Crippen molar-refractivity contribution in [3.8, 4) is 5.75 Å². The first-order valence-corrected chi connectivity index (χ1v) is 6.64. The van der Waals surface area contributed by atoms with Crippen LogP contribution in [-0.4, -0.2) is 21.0 Å². The molecule has 0 unspecified atom stereocenters. The van der Waals surface area contributed by atoms with E-state index in [1.165, 1.54) is 6.07 Å². The van der Waals surface area contributed by atoms with E-state index in [1.54, 1.807) is 0 Å². The Morgan fingerprint density at radius 1 is 1.28 bits per heavy atom. The average Bonchev–Trinajstić information content (AvgIpc) is 2.09. The lowest BCUT2D eigenvalue weighted by Crippen LogP contribution is -2.17. The Labute approximate surface area is 106 Å². The maximum absolute atomic E-state index is 12.0. The molecule has 0 aliphatic heterocycles. The molecule has 18 heavy (non-hydrogen) atoms. The molecule has 0 N–H and O–H groups in total. The average molecular weight is 305 g/mol. The van der Waals surface area contributed by atoms with E-state index >= 15 is 0 Å². The van der Waals surface area contributed by atoms with Crippen LogP contribution in [0.15, 0.2) is 18.2 Å². The highest BCUT2D eigenvalue weighted by molar-refractivity contribution is 7.85. The number of halogens is 4. The Morgan fingerprint density at radius 2 is 1.89 bits per heavy atom. The van der Waals surface area contributed by atoms with Crippen molar-refractivity contribution in [3.63, 3.8) is 0 Å². The van der Waals surface area contributed by atoms with Gasteiger partial charge in [-0.1, -0.05) is 11.6 Å². The highest BCUT2D eigenvalue weighted by Crippen LogP contribution is 2.27. The SMILES string of the molecule is CS(=O)(=O)OCc1cc(Cl)cc(OC(F)(F)F)c1. The van der Waals surface area contributed by atoms with Gasteiger partial charge in [0, 0.05) is 5.02 Å². The molecule has 0 aromatic heterocycles. The Bertz CT molecular complexity index is 527. The quantitative estimate of drug-likeness (QED) is 0.803. The van der Waals surface area contributed by atoms with Gasteiger partial charge in [-0.2, -0.15) is 8.42 Å². The smallest absolute Gasteiger partial charge is 0.406 e. The molecule has 102 valence electrons. The van der Waals surface area contributed by atoms with E-state index in [0.29, 0.717) is 0 Å². The van der Waals surface area contributed by atoms with Gasteiger partial charge in [-0.25, -0.2) is 0 Å². The predicted octanol–water partition coefficient (Wildman–Crippen LogP) is 2.71. The van der Waals surface area contributed by atoms with E-state index in [1.807, 2.05) is 0 Å². The van der Waals surface area contributed by atoms with Crippen LogP contribution in [0.4, 0.5) is 13.2 Å². The van der Waals surface area contributed by atoms with Crippen molar-refractivity contribution in [2.45, 2.75) is 13.0 Å². The normalized spacial score (nSPS) is 12.5. The summed E-state index contributed by atoms with van der Waals surface area (Å²) in [4.78, 5) is 0. The lowest BCUT2D eigenvalue weighted by atomic mass is 10.2. The number of benzene rings is 1. The molecule has 0 radical (unpaired) electrons. The summed E-state index contributed by atoms with van der Waals surface area (Å²) in [7, 11) is -3.69. The van der Waals surface area contributed by atoms with Gasteiger partial charge in [0.25, 0.3) is 10.1 Å². The van der Waals surface area contributed by atoms with Crippen LogP contribution in [0, 0.1) is 0 Å². The molecule has 0 fully saturated rings. The summed E-state index contributed by atoms with van der Waals surface area (Å²) in [5, 5.41) is -0.0242. The summed E-state index contributed by atoms with van der Waals surface area (Å²) in [6.45, 7) is -0.423. The van der Waals surface area contributed by atoms with Crippen LogP contribution in [0.25, 0.3) is 0 Å². The molecule has 0 spiro atoms. The van der Waals surface area contributed by atoms with Gasteiger partial charge >= 0.3 is 6.36 Å². The number of ether oxygens (including phenoxy) is 1. The van der Waals surface area contributed by atoms with Crippen LogP contribution in [0.5, 0.6) is 5.75 Å². The fourth-order valence-electron chi connectivity index (χ4n) is 1.07. The second-order valence-corrected chi connectivity index (χ2v) is 5.39. The number of rotatable bonds is 4. The minimum atomic E-state index is -4.85. The molecule has 4 nitrogen and oxygen atoms in total. The van der Waals surface area contributed by atoms with Crippen LogP contribution in [-0.2, 0) is 20.9 Å². The third-order valence-electron chi connectivity index (χ3n) is 1.60. The Morgan fingerprint density at radius 3 is 2.39 bits per heavy atom. The lowest BCUT2D eigenvalue weighted by Gasteiger charge is -2.10. The summed E-state index contributed by atoms with van der Waals surface area (Å²) in [6, 6.07) is 3.22. The van der Waals surface area contributed by atoms with Crippen molar-refractivity contribution in [1.29, 1.82) is 0 Å². The Balaban J connectivity index is 2.87. The van der Waals surface area contributed by atoms with Gasteiger partial charge in [-0.15, -0.1) is 13.2 Å². The molecule has 0 atom stereocenters. The standard InChI is InChI=1S/C9H8ClF3O4S/c1-18(14,15)16-5-6-2-7(10)4-8(3-6)17-9(11,12)13/h2-4H,5H2,1H3. The van der Waals surface area contributed by atoms with Crippen LogP contribution in [0.1, 0.15) is 5.56 Å². The number of alkyl halides is 3. The van der Waals surface area contributed by atoms with Crippen molar-refractivity contribution in [1.82, 2.24) is 0 Å². The third-order valence-corrected chi connectivity index (χ3v) is 2.37. The fourth-order valence-corrected chi connectivity index (χ4v) is 1.67. The first-order valence-electron chi connectivity index (χ1n) is 4.45. The van der Waals surface area contributed by atoms with Gasteiger partial charge in [0.05, 0.1) is 12.9 Å². The molecule has 9 heteroatoms. The van der Waals surface area contributed by atoms with Gasteiger partial charge in [-0.05, 0) is 23.8 Å². The van der Waals surface area contributed by atoms with Crippen LogP contribution in [0.2, 0.25) is 5.02 Å². The van der Waals surface area contributed by atoms with Crippen LogP contribution in [0.3, 0.4) is 0 Å². The largest absolute Gasteiger partial charge is 0.573 e. The van der Waals surface area contributed by atoms with E-state index in [2.05, 4.69) is 8.92 Å². The van der Waals surface area contributed by atoms with E-state index in [4.69, 9.17) is 11.6 Å². The molecule has 0 aliphatic carbocycles.